The number of thiazole rings is 1. The average molecular weight is 422 g/mol. The SMILES string of the molecule is O=C(CCN1C(=O)COc2ccccc21)N1CCCC(c2nc3ccccc3s2)C1. The molecule has 0 spiro atoms. The summed E-state index contributed by atoms with van der Waals surface area (Å²) in [5.41, 5.74) is 1.78. The lowest BCUT2D eigenvalue weighted by Crippen LogP contribution is -2.43. The fourth-order valence-corrected chi connectivity index (χ4v) is 5.33. The summed E-state index contributed by atoms with van der Waals surface area (Å²) in [6.07, 6.45) is 2.34. The molecule has 7 heteroatoms. The lowest BCUT2D eigenvalue weighted by molar-refractivity contribution is -0.132. The topological polar surface area (TPSA) is 62.7 Å². The highest BCUT2D eigenvalue weighted by atomic mass is 32.1. The van der Waals surface area contributed by atoms with Crippen molar-refractivity contribution in [3.8, 4) is 5.75 Å². The Labute approximate surface area is 179 Å². The molecule has 30 heavy (non-hydrogen) atoms. The predicted octanol–water partition coefficient (Wildman–Crippen LogP) is 3.82. The fraction of sp³-hybridized carbons (Fsp3) is 0.348. The summed E-state index contributed by atoms with van der Waals surface area (Å²) in [6, 6.07) is 15.7. The van der Waals surface area contributed by atoms with Crippen molar-refractivity contribution in [3.63, 3.8) is 0 Å². The van der Waals surface area contributed by atoms with Crippen molar-refractivity contribution in [1.82, 2.24) is 9.88 Å². The summed E-state index contributed by atoms with van der Waals surface area (Å²) in [7, 11) is 0. The molecule has 0 bridgehead atoms. The van der Waals surface area contributed by atoms with Crippen molar-refractivity contribution in [2.45, 2.75) is 25.2 Å². The van der Waals surface area contributed by atoms with Crippen LogP contribution in [0.25, 0.3) is 10.2 Å². The van der Waals surface area contributed by atoms with Crippen LogP contribution in [0.1, 0.15) is 30.2 Å². The highest BCUT2D eigenvalue weighted by Gasteiger charge is 2.29. The van der Waals surface area contributed by atoms with E-state index < -0.39 is 0 Å². The van der Waals surface area contributed by atoms with Gasteiger partial charge in [0.1, 0.15) is 5.75 Å². The number of benzene rings is 2. The van der Waals surface area contributed by atoms with Gasteiger partial charge in [0.2, 0.25) is 5.91 Å². The van der Waals surface area contributed by atoms with Crippen LogP contribution in [0.3, 0.4) is 0 Å². The molecule has 1 unspecified atom stereocenters. The lowest BCUT2D eigenvalue weighted by atomic mass is 9.98. The minimum atomic E-state index is -0.104. The molecular weight excluding hydrogens is 398 g/mol. The number of amides is 2. The zero-order chi connectivity index (χ0) is 20.5. The molecule has 154 valence electrons. The van der Waals surface area contributed by atoms with E-state index in [-0.39, 0.29) is 24.3 Å². The second-order valence-corrected chi connectivity index (χ2v) is 8.81. The van der Waals surface area contributed by atoms with Crippen LogP contribution in [0.15, 0.2) is 48.5 Å². The van der Waals surface area contributed by atoms with E-state index in [0.717, 1.165) is 35.6 Å². The Kier molecular flexibility index (Phi) is 5.12. The zero-order valence-corrected chi connectivity index (χ0v) is 17.4. The number of nitrogens with zero attached hydrogens (tertiary/aromatic N) is 3. The van der Waals surface area contributed by atoms with Gasteiger partial charge in [-0.3, -0.25) is 9.59 Å². The molecule has 2 aromatic carbocycles. The molecule has 1 aromatic heterocycles. The molecule has 0 aliphatic carbocycles. The maximum Gasteiger partial charge on any atom is 0.265 e. The molecular formula is C23H23N3O3S. The van der Waals surface area contributed by atoms with Crippen molar-refractivity contribution in [1.29, 1.82) is 0 Å². The van der Waals surface area contributed by atoms with E-state index in [1.165, 1.54) is 4.70 Å². The van der Waals surface area contributed by atoms with Crippen LogP contribution in [0.2, 0.25) is 0 Å². The molecule has 1 atom stereocenters. The minimum Gasteiger partial charge on any atom is -0.482 e. The van der Waals surface area contributed by atoms with E-state index in [0.29, 0.717) is 25.3 Å². The Hall–Kier alpha value is -2.93. The summed E-state index contributed by atoms with van der Waals surface area (Å²) in [4.78, 5) is 33.7. The van der Waals surface area contributed by atoms with Gasteiger partial charge in [0.15, 0.2) is 6.61 Å². The summed E-state index contributed by atoms with van der Waals surface area (Å²) < 4.78 is 6.68. The molecule has 0 saturated carbocycles. The molecule has 2 aliphatic heterocycles. The van der Waals surface area contributed by atoms with Crippen LogP contribution in [0.4, 0.5) is 5.69 Å². The first-order valence-electron chi connectivity index (χ1n) is 10.3. The number of carbonyl (C=O) groups excluding carboxylic acids is 2. The summed E-state index contributed by atoms with van der Waals surface area (Å²) >= 11 is 1.73. The quantitative estimate of drug-likeness (QED) is 0.643. The number of ether oxygens (including phenoxy) is 1. The van der Waals surface area contributed by atoms with Gasteiger partial charge in [-0.25, -0.2) is 4.98 Å². The van der Waals surface area contributed by atoms with E-state index in [1.54, 1.807) is 16.2 Å². The molecule has 6 nitrogen and oxygen atoms in total. The smallest absolute Gasteiger partial charge is 0.265 e. The summed E-state index contributed by atoms with van der Waals surface area (Å²) in [5.74, 6) is 0.967. The van der Waals surface area contributed by atoms with Crippen molar-refractivity contribution >= 4 is 39.1 Å². The third-order valence-corrected chi connectivity index (χ3v) is 6.99. The van der Waals surface area contributed by atoms with Gasteiger partial charge in [-0.05, 0) is 37.1 Å². The molecule has 2 amide bonds. The molecule has 2 aliphatic rings. The number of para-hydroxylation sites is 3. The van der Waals surface area contributed by atoms with Gasteiger partial charge in [0.25, 0.3) is 5.91 Å². The molecule has 1 saturated heterocycles. The molecule has 3 aromatic rings. The van der Waals surface area contributed by atoms with E-state index in [1.807, 2.05) is 47.4 Å². The summed E-state index contributed by atoms with van der Waals surface area (Å²) in [5, 5.41) is 1.12. The number of hydrogen-bond donors (Lipinski definition) is 0. The largest absolute Gasteiger partial charge is 0.482 e. The highest BCUT2D eigenvalue weighted by Crippen LogP contribution is 2.34. The molecule has 1 fully saturated rings. The Bertz CT molecular complexity index is 1060. The van der Waals surface area contributed by atoms with Crippen molar-refractivity contribution in [2.24, 2.45) is 0 Å². The molecule has 3 heterocycles. The fourth-order valence-electron chi connectivity index (χ4n) is 4.23. The Morgan fingerprint density at radius 2 is 2.00 bits per heavy atom. The first-order valence-corrected chi connectivity index (χ1v) is 11.2. The predicted molar refractivity (Wildman–Crippen MR) is 117 cm³/mol. The van der Waals surface area contributed by atoms with E-state index in [2.05, 4.69) is 6.07 Å². The van der Waals surface area contributed by atoms with Crippen LogP contribution >= 0.6 is 11.3 Å². The van der Waals surface area contributed by atoms with Crippen molar-refractivity contribution in [2.75, 3.05) is 31.1 Å². The number of rotatable bonds is 4. The van der Waals surface area contributed by atoms with Crippen LogP contribution in [-0.4, -0.2) is 47.9 Å². The van der Waals surface area contributed by atoms with Gasteiger partial charge in [0, 0.05) is 32.0 Å². The number of anilines is 1. The third-order valence-electron chi connectivity index (χ3n) is 5.79. The Morgan fingerprint density at radius 1 is 1.17 bits per heavy atom. The average Bonchev–Trinajstić information content (AvgIpc) is 3.23. The monoisotopic (exact) mass is 421 g/mol. The maximum absolute atomic E-state index is 12.9. The maximum atomic E-state index is 12.9. The molecule has 0 N–H and O–H groups in total. The normalized spacial score (nSPS) is 18.9. The number of carbonyl (C=O) groups is 2. The first-order chi connectivity index (χ1) is 14.7. The second kappa shape index (κ2) is 8.07. The van der Waals surface area contributed by atoms with Gasteiger partial charge in [0.05, 0.1) is 20.9 Å². The summed E-state index contributed by atoms with van der Waals surface area (Å²) in [6.45, 7) is 1.87. The van der Waals surface area contributed by atoms with E-state index in [4.69, 9.17) is 9.72 Å². The lowest BCUT2D eigenvalue weighted by Gasteiger charge is -2.33. The highest BCUT2D eigenvalue weighted by molar-refractivity contribution is 7.18. The van der Waals surface area contributed by atoms with Crippen LogP contribution < -0.4 is 9.64 Å². The van der Waals surface area contributed by atoms with Crippen LogP contribution in [-0.2, 0) is 9.59 Å². The van der Waals surface area contributed by atoms with Crippen molar-refractivity contribution < 1.29 is 14.3 Å². The number of piperidine rings is 1. The van der Waals surface area contributed by atoms with Crippen LogP contribution in [0, 0.1) is 0 Å². The molecule has 0 radical (unpaired) electrons. The van der Waals surface area contributed by atoms with Gasteiger partial charge in [-0.1, -0.05) is 24.3 Å². The standard InChI is InChI=1S/C23H23N3O3S/c27-21(11-13-26-18-8-2-3-9-19(18)29-15-22(26)28)25-12-5-6-16(14-25)23-24-17-7-1-4-10-20(17)30-23/h1-4,7-10,16H,5-6,11-15H2. The first kappa shape index (κ1) is 19.1. The Balaban J connectivity index is 1.25. The van der Waals surface area contributed by atoms with Gasteiger partial charge in [-0.15, -0.1) is 11.3 Å². The van der Waals surface area contributed by atoms with Gasteiger partial charge < -0.3 is 14.5 Å². The van der Waals surface area contributed by atoms with Crippen molar-refractivity contribution in [3.05, 3.63) is 53.5 Å². The van der Waals surface area contributed by atoms with E-state index >= 15 is 0 Å². The van der Waals surface area contributed by atoms with Gasteiger partial charge in [-0.2, -0.15) is 0 Å². The number of hydrogen-bond acceptors (Lipinski definition) is 5. The van der Waals surface area contributed by atoms with Gasteiger partial charge >= 0.3 is 0 Å². The second-order valence-electron chi connectivity index (χ2n) is 7.75. The number of likely N-dealkylation sites (tertiary alicyclic amines) is 1. The van der Waals surface area contributed by atoms with Crippen LogP contribution in [0.5, 0.6) is 5.75 Å². The number of aromatic nitrogens is 1. The molecule has 5 rings (SSSR count). The third kappa shape index (κ3) is 3.65. The zero-order valence-electron chi connectivity index (χ0n) is 16.6. The Morgan fingerprint density at radius 3 is 2.90 bits per heavy atom. The number of fused-ring (bicyclic) bond motifs is 2. The van der Waals surface area contributed by atoms with E-state index in [9.17, 15) is 9.59 Å². The minimum absolute atomic E-state index is 0.0224.